The molecule has 0 fully saturated rings. The van der Waals surface area contributed by atoms with Crippen LogP contribution in [0.2, 0.25) is 5.15 Å². The van der Waals surface area contributed by atoms with E-state index in [2.05, 4.69) is 27.4 Å². The summed E-state index contributed by atoms with van der Waals surface area (Å²) in [5, 5.41) is 2.75. The van der Waals surface area contributed by atoms with Crippen LogP contribution < -0.4 is 0 Å². The molecule has 2 aromatic heterocycles. The number of hydrogen-bond acceptors (Lipinski definition) is 3. The summed E-state index contributed by atoms with van der Waals surface area (Å²) in [6.07, 6.45) is 3.04. The van der Waals surface area contributed by atoms with E-state index < -0.39 is 0 Å². The van der Waals surface area contributed by atoms with Crippen molar-refractivity contribution in [2.24, 2.45) is 0 Å². The molecular weight excluding hydrogens is 252 g/mol. The number of nitrogens with zero attached hydrogens (tertiary/aromatic N) is 2. The maximum absolute atomic E-state index is 5.78. The van der Waals surface area contributed by atoms with Crippen molar-refractivity contribution in [2.45, 2.75) is 19.5 Å². The molecule has 0 radical (unpaired) electrons. The van der Waals surface area contributed by atoms with Gasteiger partial charge >= 0.3 is 0 Å². The quantitative estimate of drug-likeness (QED) is 0.774. The van der Waals surface area contributed by atoms with Crippen LogP contribution in [0.5, 0.6) is 0 Å². The molecule has 0 aliphatic carbocycles. The van der Waals surface area contributed by atoms with Gasteiger partial charge in [-0.15, -0.1) is 11.3 Å². The highest BCUT2D eigenvalue weighted by molar-refractivity contribution is 7.10. The largest absolute Gasteiger partial charge is 0.294 e. The first-order chi connectivity index (χ1) is 8.31. The van der Waals surface area contributed by atoms with Gasteiger partial charge in [-0.05, 0) is 35.1 Å². The van der Waals surface area contributed by atoms with Crippen LogP contribution in [0.15, 0.2) is 29.8 Å². The zero-order valence-electron chi connectivity index (χ0n) is 9.40. The second-order valence-corrected chi connectivity index (χ2v) is 5.71. The Hall–Kier alpha value is -0.900. The number of thiophene rings is 1. The van der Waals surface area contributed by atoms with E-state index in [4.69, 9.17) is 11.6 Å². The van der Waals surface area contributed by atoms with Gasteiger partial charge in [0.15, 0.2) is 0 Å². The molecule has 0 atom stereocenters. The average molecular weight is 265 g/mol. The van der Waals surface area contributed by atoms with Crippen LogP contribution in [0.4, 0.5) is 0 Å². The SMILES string of the molecule is Clc1ccc(CN2CCc3sccc3C2)cn1. The highest BCUT2D eigenvalue weighted by atomic mass is 35.5. The van der Waals surface area contributed by atoms with Gasteiger partial charge in [0.05, 0.1) is 0 Å². The fourth-order valence-electron chi connectivity index (χ4n) is 2.20. The first-order valence-electron chi connectivity index (χ1n) is 5.69. The predicted octanol–water partition coefficient (Wildman–Crippen LogP) is 3.35. The van der Waals surface area contributed by atoms with Crippen molar-refractivity contribution >= 4 is 22.9 Å². The summed E-state index contributed by atoms with van der Waals surface area (Å²) in [7, 11) is 0. The molecule has 0 saturated carbocycles. The number of halogens is 1. The monoisotopic (exact) mass is 264 g/mol. The minimum atomic E-state index is 0.563. The van der Waals surface area contributed by atoms with Gasteiger partial charge in [0, 0.05) is 30.7 Å². The van der Waals surface area contributed by atoms with E-state index in [9.17, 15) is 0 Å². The summed E-state index contributed by atoms with van der Waals surface area (Å²) in [6, 6.07) is 6.15. The van der Waals surface area contributed by atoms with E-state index in [1.807, 2.05) is 23.6 Å². The molecule has 0 unspecified atom stereocenters. The molecule has 17 heavy (non-hydrogen) atoms. The highest BCUT2D eigenvalue weighted by Gasteiger charge is 2.16. The highest BCUT2D eigenvalue weighted by Crippen LogP contribution is 2.24. The van der Waals surface area contributed by atoms with Crippen LogP contribution in [0.25, 0.3) is 0 Å². The lowest BCUT2D eigenvalue weighted by molar-refractivity contribution is 0.247. The Balaban J connectivity index is 1.69. The molecule has 4 heteroatoms. The number of hydrogen-bond donors (Lipinski definition) is 0. The molecule has 0 N–H and O–H groups in total. The molecule has 2 aromatic rings. The van der Waals surface area contributed by atoms with Crippen molar-refractivity contribution in [3.63, 3.8) is 0 Å². The van der Waals surface area contributed by atoms with Crippen LogP contribution in [-0.2, 0) is 19.5 Å². The minimum absolute atomic E-state index is 0.563. The second kappa shape index (κ2) is 4.77. The van der Waals surface area contributed by atoms with Crippen LogP contribution >= 0.6 is 22.9 Å². The maximum atomic E-state index is 5.78. The fraction of sp³-hybridized carbons (Fsp3) is 0.308. The molecule has 0 bridgehead atoms. The van der Waals surface area contributed by atoms with Gasteiger partial charge in [0.1, 0.15) is 5.15 Å². The average Bonchev–Trinajstić information content (AvgIpc) is 2.79. The van der Waals surface area contributed by atoms with Gasteiger partial charge in [0.2, 0.25) is 0 Å². The Bertz CT molecular complexity index is 506. The summed E-state index contributed by atoms with van der Waals surface area (Å²) in [5.41, 5.74) is 2.72. The van der Waals surface area contributed by atoms with Gasteiger partial charge in [-0.25, -0.2) is 4.98 Å². The van der Waals surface area contributed by atoms with E-state index in [1.165, 1.54) is 17.5 Å². The van der Waals surface area contributed by atoms with Gasteiger partial charge in [-0.1, -0.05) is 17.7 Å². The molecule has 88 valence electrons. The van der Waals surface area contributed by atoms with Gasteiger partial charge < -0.3 is 0 Å². The zero-order chi connectivity index (χ0) is 11.7. The molecule has 3 heterocycles. The summed E-state index contributed by atoms with van der Waals surface area (Å²) < 4.78 is 0. The van der Waals surface area contributed by atoms with Crippen molar-refractivity contribution in [3.05, 3.63) is 50.9 Å². The number of fused-ring (bicyclic) bond motifs is 1. The summed E-state index contributed by atoms with van der Waals surface area (Å²) in [6.45, 7) is 3.15. The predicted molar refractivity (Wildman–Crippen MR) is 71.4 cm³/mol. The third-order valence-electron chi connectivity index (χ3n) is 3.08. The Kier molecular flexibility index (Phi) is 3.14. The standard InChI is InChI=1S/C13H13ClN2S/c14-13-2-1-10(7-15-13)8-16-5-3-12-11(9-16)4-6-17-12/h1-2,4,6-7H,3,5,8-9H2. The minimum Gasteiger partial charge on any atom is -0.294 e. The van der Waals surface area contributed by atoms with Crippen molar-refractivity contribution in [1.82, 2.24) is 9.88 Å². The van der Waals surface area contributed by atoms with Gasteiger partial charge in [-0.2, -0.15) is 0 Å². The van der Waals surface area contributed by atoms with Crippen LogP contribution in [0, 0.1) is 0 Å². The fourth-order valence-corrected chi connectivity index (χ4v) is 3.20. The molecule has 0 saturated heterocycles. The first kappa shape index (κ1) is 11.2. The van der Waals surface area contributed by atoms with Crippen molar-refractivity contribution in [1.29, 1.82) is 0 Å². The lowest BCUT2D eigenvalue weighted by Gasteiger charge is -2.26. The summed E-state index contributed by atoms with van der Waals surface area (Å²) in [5.74, 6) is 0. The molecule has 0 amide bonds. The molecule has 2 nitrogen and oxygen atoms in total. The van der Waals surface area contributed by atoms with Gasteiger partial charge in [0.25, 0.3) is 0 Å². The Morgan fingerprint density at radius 2 is 2.29 bits per heavy atom. The first-order valence-corrected chi connectivity index (χ1v) is 6.95. The number of aromatic nitrogens is 1. The molecular formula is C13H13ClN2S. The van der Waals surface area contributed by atoms with Crippen LogP contribution in [0.3, 0.4) is 0 Å². The summed E-state index contributed by atoms with van der Waals surface area (Å²) in [4.78, 5) is 8.13. The Labute approximate surface area is 110 Å². The van der Waals surface area contributed by atoms with E-state index in [0.717, 1.165) is 19.6 Å². The number of rotatable bonds is 2. The van der Waals surface area contributed by atoms with Crippen molar-refractivity contribution in [2.75, 3.05) is 6.54 Å². The van der Waals surface area contributed by atoms with Crippen molar-refractivity contribution in [3.8, 4) is 0 Å². The Morgan fingerprint density at radius 1 is 1.35 bits per heavy atom. The van der Waals surface area contributed by atoms with E-state index >= 15 is 0 Å². The van der Waals surface area contributed by atoms with Crippen molar-refractivity contribution < 1.29 is 0 Å². The van der Waals surface area contributed by atoms with Crippen LogP contribution in [0.1, 0.15) is 16.0 Å². The third-order valence-corrected chi connectivity index (χ3v) is 4.33. The Morgan fingerprint density at radius 3 is 3.12 bits per heavy atom. The number of pyridine rings is 1. The topological polar surface area (TPSA) is 16.1 Å². The normalized spacial score (nSPS) is 15.8. The van der Waals surface area contributed by atoms with E-state index in [0.29, 0.717) is 5.15 Å². The van der Waals surface area contributed by atoms with E-state index in [-0.39, 0.29) is 0 Å². The third kappa shape index (κ3) is 2.51. The smallest absolute Gasteiger partial charge is 0.129 e. The molecule has 1 aliphatic rings. The zero-order valence-corrected chi connectivity index (χ0v) is 11.0. The maximum Gasteiger partial charge on any atom is 0.129 e. The summed E-state index contributed by atoms with van der Waals surface area (Å²) >= 11 is 7.66. The molecule has 0 spiro atoms. The van der Waals surface area contributed by atoms with E-state index in [1.54, 1.807) is 4.88 Å². The van der Waals surface area contributed by atoms with Crippen LogP contribution in [-0.4, -0.2) is 16.4 Å². The molecule has 1 aliphatic heterocycles. The van der Waals surface area contributed by atoms with Gasteiger partial charge in [-0.3, -0.25) is 4.90 Å². The lowest BCUT2D eigenvalue weighted by atomic mass is 10.1. The molecule has 3 rings (SSSR count). The second-order valence-electron chi connectivity index (χ2n) is 4.32. The lowest BCUT2D eigenvalue weighted by Crippen LogP contribution is -2.29. The molecule has 0 aromatic carbocycles.